The van der Waals surface area contributed by atoms with Crippen LogP contribution in [0.4, 0.5) is 13.2 Å². The van der Waals surface area contributed by atoms with Crippen molar-refractivity contribution < 1.29 is 27.9 Å². The van der Waals surface area contributed by atoms with E-state index >= 15 is 0 Å². The second-order valence-corrected chi connectivity index (χ2v) is 5.18. The molecule has 0 aliphatic heterocycles. The Bertz CT molecular complexity index is 387. The fraction of sp³-hybridized carbons (Fsp3) is 0.818. The maximum atomic E-state index is 12.2. The van der Waals surface area contributed by atoms with Gasteiger partial charge in [-0.25, -0.2) is 4.79 Å². The standard InChI is InChI=1S/C11H14F3NO3/c12-11(13,14)7(16)15-10(8(17)18)6-9(10)4-2-1-3-5-9/h1-6H2,(H,15,16)(H,17,18). The molecule has 2 aliphatic carbocycles. The molecule has 102 valence electrons. The number of nitrogens with one attached hydrogen (secondary N) is 1. The largest absolute Gasteiger partial charge is 0.479 e. The summed E-state index contributed by atoms with van der Waals surface area (Å²) in [6.45, 7) is 0. The number of hydrogen-bond acceptors (Lipinski definition) is 2. The zero-order valence-corrected chi connectivity index (χ0v) is 9.64. The first-order valence-electron chi connectivity index (χ1n) is 5.86. The summed E-state index contributed by atoms with van der Waals surface area (Å²) in [5.41, 5.74) is -2.38. The molecule has 0 saturated heterocycles. The van der Waals surface area contributed by atoms with Crippen LogP contribution in [0.25, 0.3) is 0 Å². The van der Waals surface area contributed by atoms with Crippen LogP contribution in [0.2, 0.25) is 0 Å². The first-order valence-corrected chi connectivity index (χ1v) is 5.86. The summed E-state index contributed by atoms with van der Waals surface area (Å²) in [6.07, 6.45) is -1.23. The van der Waals surface area contributed by atoms with Gasteiger partial charge in [0.2, 0.25) is 0 Å². The Morgan fingerprint density at radius 1 is 1.11 bits per heavy atom. The van der Waals surface area contributed by atoms with Gasteiger partial charge in [0, 0.05) is 5.41 Å². The first-order chi connectivity index (χ1) is 8.24. The Morgan fingerprint density at radius 3 is 2.11 bits per heavy atom. The lowest BCUT2D eigenvalue weighted by Gasteiger charge is -2.27. The molecule has 0 aromatic carbocycles. The van der Waals surface area contributed by atoms with E-state index in [-0.39, 0.29) is 6.42 Å². The number of rotatable bonds is 2. The quantitative estimate of drug-likeness (QED) is 0.800. The van der Waals surface area contributed by atoms with Crippen LogP contribution >= 0.6 is 0 Å². The van der Waals surface area contributed by atoms with Crippen molar-refractivity contribution in [1.82, 2.24) is 5.32 Å². The van der Waals surface area contributed by atoms with Crippen LogP contribution in [0.5, 0.6) is 0 Å². The lowest BCUT2D eigenvalue weighted by molar-refractivity contribution is -0.176. The van der Waals surface area contributed by atoms with Gasteiger partial charge in [0.1, 0.15) is 5.54 Å². The molecule has 0 aromatic heterocycles. The molecule has 2 aliphatic rings. The van der Waals surface area contributed by atoms with Crippen LogP contribution in [0.3, 0.4) is 0 Å². The van der Waals surface area contributed by atoms with Gasteiger partial charge in [-0.3, -0.25) is 4.79 Å². The molecule has 2 fully saturated rings. The second-order valence-electron chi connectivity index (χ2n) is 5.18. The minimum atomic E-state index is -5.04. The summed E-state index contributed by atoms with van der Waals surface area (Å²) in [5, 5.41) is 10.9. The highest BCUT2D eigenvalue weighted by molar-refractivity contribution is 5.93. The molecule has 2 rings (SSSR count). The Balaban J connectivity index is 2.16. The fourth-order valence-electron chi connectivity index (χ4n) is 3.09. The van der Waals surface area contributed by atoms with Gasteiger partial charge in [-0.2, -0.15) is 13.2 Å². The number of alkyl halides is 3. The van der Waals surface area contributed by atoms with Crippen molar-refractivity contribution in [2.75, 3.05) is 0 Å². The molecule has 2 saturated carbocycles. The summed E-state index contributed by atoms with van der Waals surface area (Å²) in [6, 6.07) is 0. The molecule has 7 heteroatoms. The predicted octanol–water partition coefficient (Wildman–Crippen LogP) is 1.84. The molecule has 1 amide bonds. The number of aliphatic carboxylic acids is 1. The van der Waals surface area contributed by atoms with Crippen LogP contribution in [0.1, 0.15) is 38.5 Å². The lowest BCUT2D eigenvalue weighted by atomic mass is 9.82. The summed E-state index contributed by atoms with van der Waals surface area (Å²) >= 11 is 0. The summed E-state index contributed by atoms with van der Waals surface area (Å²) in [7, 11) is 0. The molecule has 1 unspecified atom stereocenters. The number of hydrogen-bond donors (Lipinski definition) is 2. The second kappa shape index (κ2) is 3.86. The third kappa shape index (κ3) is 1.85. The first kappa shape index (κ1) is 13.2. The molecule has 18 heavy (non-hydrogen) atoms. The number of carboxylic acid groups (broad SMARTS) is 1. The lowest BCUT2D eigenvalue weighted by Crippen LogP contribution is -2.52. The van der Waals surface area contributed by atoms with Gasteiger partial charge >= 0.3 is 18.1 Å². The van der Waals surface area contributed by atoms with Crippen molar-refractivity contribution in [1.29, 1.82) is 0 Å². The van der Waals surface area contributed by atoms with E-state index in [1.54, 1.807) is 5.32 Å². The minimum absolute atomic E-state index is 0.108. The van der Waals surface area contributed by atoms with Crippen molar-refractivity contribution in [3.8, 4) is 0 Å². The molecule has 1 atom stereocenters. The van der Waals surface area contributed by atoms with E-state index in [0.717, 1.165) is 19.3 Å². The highest BCUT2D eigenvalue weighted by Gasteiger charge is 2.73. The fourth-order valence-corrected chi connectivity index (χ4v) is 3.09. The van der Waals surface area contributed by atoms with Crippen LogP contribution in [0, 0.1) is 5.41 Å². The minimum Gasteiger partial charge on any atom is -0.479 e. The van der Waals surface area contributed by atoms with Crippen LogP contribution in [0.15, 0.2) is 0 Å². The zero-order valence-electron chi connectivity index (χ0n) is 9.64. The van der Waals surface area contributed by atoms with Gasteiger partial charge in [-0.15, -0.1) is 0 Å². The van der Waals surface area contributed by atoms with Gasteiger partial charge in [0.25, 0.3) is 0 Å². The highest BCUT2D eigenvalue weighted by atomic mass is 19.4. The Kier molecular flexibility index (Phi) is 2.82. The Morgan fingerprint density at radius 2 is 1.67 bits per heavy atom. The summed E-state index contributed by atoms with van der Waals surface area (Å²) in [4.78, 5) is 22.2. The molecule has 0 heterocycles. The third-order valence-corrected chi connectivity index (χ3v) is 4.14. The summed E-state index contributed by atoms with van der Waals surface area (Å²) < 4.78 is 36.7. The molecular formula is C11H14F3NO3. The highest BCUT2D eigenvalue weighted by Crippen LogP contribution is 2.64. The monoisotopic (exact) mass is 265 g/mol. The number of halogens is 3. The molecule has 4 nitrogen and oxygen atoms in total. The van der Waals surface area contributed by atoms with E-state index in [4.69, 9.17) is 5.11 Å². The van der Waals surface area contributed by atoms with E-state index < -0.39 is 29.0 Å². The normalized spacial score (nSPS) is 29.9. The van der Waals surface area contributed by atoms with Crippen LogP contribution in [-0.4, -0.2) is 28.7 Å². The average Bonchev–Trinajstić information content (AvgIpc) is 2.86. The molecule has 2 N–H and O–H groups in total. The van der Waals surface area contributed by atoms with Crippen molar-refractivity contribution >= 4 is 11.9 Å². The Hall–Kier alpha value is -1.27. The van der Waals surface area contributed by atoms with Gasteiger partial charge in [0.15, 0.2) is 0 Å². The van der Waals surface area contributed by atoms with Gasteiger partial charge in [-0.1, -0.05) is 19.3 Å². The van der Waals surface area contributed by atoms with E-state index in [1.807, 2.05) is 0 Å². The van der Waals surface area contributed by atoms with E-state index in [0.29, 0.717) is 12.8 Å². The summed E-state index contributed by atoms with van der Waals surface area (Å²) in [5.74, 6) is -3.52. The number of carboxylic acids is 1. The maximum Gasteiger partial charge on any atom is 0.471 e. The van der Waals surface area contributed by atoms with Crippen LogP contribution < -0.4 is 5.32 Å². The maximum absolute atomic E-state index is 12.2. The van der Waals surface area contributed by atoms with Gasteiger partial charge < -0.3 is 10.4 Å². The molecule has 0 bridgehead atoms. The van der Waals surface area contributed by atoms with E-state index in [2.05, 4.69) is 0 Å². The Labute approximate surface area is 102 Å². The molecule has 0 aromatic rings. The van der Waals surface area contributed by atoms with Crippen molar-refractivity contribution in [2.45, 2.75) is 50.2 Å². The topological polar surface area (TPSA) is 66.4 Å². The van der Waals surface area contributed by atoms with Crippen LogP contribution in [-0.2, 0) is 9.59 Å². The number of carbonyl (C=O) groups excluding carboxylic acids is 1. The van der Waals surface area contributed by atoms with Gasteiger partial charge in [0.05, 0.1) is 0 Å². The van der Waals surface area contributed by atoms with E-state index in [9.17, 15) is 22.8 Å². The number of carbonyl (C=O) groups is 2. The smallest absolute Gasteiger partial charge is 0.471 e. The molecule has 0 radical (unpaired) electrons. The molecule has 1 spiro atoms. The van der Waals surface area contributed by atoms with Crippen molar-refractivity contribution in [3.63, 3.8) is 0 Å². The SMILES string of the molecule is O=C(NC1(C(=O)O)CC12CCCCC2)C(F)(F)F. The van der Waals surface area contributed by atoms with Crippen molar-refractivity contribution in [2.24, 2.45) is 5.41 Å². The zero-order chi connectivity index (χ0) is 13.6. The van der Waals surface area contributed by atoms with Crippen molar-refractivity contribution in [3.05, 3.63) is 0 Å². The van der Waals surface area contributed by atoms with E-state index in [1.165, 1.54) is 0 Å². The molecular weight excluding hydrogens is 251 g/mol. The third-order valence-electron chi connectivity index (χ3n) is 4.14. The predicted molar refractivity (Wildman–Crippen MR) is 54.7 cm³/mol. The number of amides is 1. The average molecular weight is 265 g/mol. The van der Waals surface area contributed by atoms with Gasteiger partial charge in [-0.05, 0) is 19.3 Å².